The Labute approximate surface area is 119 Å². The zero-order valence-corrected chi connectivity index (χ0v) is 12.7. The van der Waals surface area contributed by atoms with Gasteiger partial charge in [-0.15, -0.1) is 0 Å². The molecule has 1 aromatic rings. The highest BCUT2D eigenvalue weighted by Crippen LogP contribution is 2.32. The number of hydrogen-bond acceptors (Lipinski definition) is 5. The number of anilines is 1. The smallest absolute Gasteiger partial charge is 0.246 e. The quantitative estimate of drug-likeness (QED) is 0.752. The number of nitrogens with two attached hydrogens (primary N) is 1. The molecular formula is C12H22N4O3S. The van der Waals surface area contributed by atoms with E-state index >= 15 is 0 Å². The van der Waals surface area contributed by atoms with Gasteiger partial charge in [0.05, 0.1) is 11.8 Å². The van der Waals surface area contributed by atoms with Gasteiger partial charge in [0.1, 0.15) is 10.7 Å². The molecule has 1 unspecified atom stereocenters. The van der Waals surface area contributed by atoms with E-state index < -0.39 is 10.0 Å². The molecule has 114 valence electrons. The van der Waals surface area contributed by atoms with E-state index in [1.807, 2.05) is 0 Å². The minimum Gasteiger partial charge on any atom is -0.383 e. The second-order valence-electron chi connectivity index (χ2n) is 5.20. The summed E-state index contributed by atoms with van der Waals surface area (Å²) in [4.78, 5) is 0.00240. The number of aromatic nitrogens is 2. The van der Waals surface area contributed by atoms with E-state index in [2.05, 4.69) is 28.8 Å². The number of hydrogen-bond donors (Lipinski definition) is 3. The summed E-state index contributed by atoms with van der Waals surface area (Å²) < 4.78 is 33.1. The van der Waals surface area contributed by atoms with Crippen LogP contribution in [-0.4, -0.2) is 36.9 Å². The fraction of sp³-hybridized carbons (Fsp3) is 0.750. The van der Waals surface area contributed by atoms with Crippen LogP contribution in [-0.2, 0) is 14.8 Å². The molecule has 0 bridgehead atoms. The number of nitrogens with one attached hydrogen (secondary N) is 2. The lowest BCUT2D eigenvalue weighted by Gasteiger charge is -2.40. The van der Waals surface area contributed by atoms with Crippen LogP contribution in [0.1, 0.15) is 39.5 Å². The summed E-state index contributed by atoms with van der Waals surface area (Å²) in [6.45, 7) is 4.69. The van der Waals surface area contributed by atoms with Crippen molar-refractivity contribution in [3.05, 3.63) is 6.20 Å². The average molecular weight is 302 g/mol. The maximum atomic E-state index is 12.3. The molecule has 4 N–H and O–H groups in total. The van der Waals surface area contributed by atoms with Gasteiger partial charge in [-0.05, 0) is 25.7 Å². The van der Waals surface area contributed by atoms with Crippen molar-refractivity contribution in [1.29, 1.82) is 0 Å². The molecule has 0 amide bonds. The Hall–Kier alpha value is -1.12. The van der Waals surface area contributed by atoms with E-state index in [0.29, 0.717) is 19.4 Å². The maximum absolute atomic E-state index is 12.3. The summed E-state index contributed by atoms with van der Waals surface area (Å²) in [6.07, 6.45) is 4.31. The minimum atomic E-state index is -3.64. The van der Waals surface area contributed by atoms with Crippen LogP contribution in [0.4, 0.5) is 5.82 Å². The number of sulfonamides is 1. The molecule has 0 saturated carbocycles. The van der Waals surface area contributed by atoms with Gasteiger partial charge in [-0.25, -0.2) is 13.1 Å². The predicted octanol–water partition coefficient (Wildman–Crippen LogP) is 1.01. The van der Waals surface area contributed by atoms with Gasteiger partial charge >= 0.3 is 0 Å². The first kappa shape index (κ1) is 15.3. The van der Waals surface area contributed by atoms with E-state index in [0.717, 1.165) is 12.8 Å². The number of nitrogens with zero attached hydrogens (tertiary/aromatic N) is 1. The van der Waals surface area contributed by atoms with Crippen LogP contribution in [0.5, 0.6) is 0 Å². The molecule has 1 atom stereocenters. The van der Waals surface area contributed by atoms with Gasteiger partial charge in [0.2, 0.25) is 10.0 Å². The van der Waals surface area contributed by atoms with Gasteiger partial charge in [-0.3, -0.25) is 5.10 Å². The largest absolute Gasteiger partial charge is 0.383 e. The summed E-state index contributed by atoms with van der Waals surface area (Å²) in [7, 11) is -3.64. The van der Waals surface area contributed by atoms with Gasteiger partial charge in [0.15, 0.2) is 0 Å². The molecule has 1 aliphatic heterocycles. The lowest BCUT2D eigenvalue weighted by Crippen LogP contribution is -2.48. The Morgan fingerprint density at radius 3 is 2.80 bits per heavy atom. The molecule has 1 aromatic heterocycles. The summed E-state index contributed by atoms with van der Waals surface area (Å²) in [5.74, 6) is 0.0572. The van der Waals surface area contributed by atoms with Gasteiger partial charge in [-0.1, -0.05) is 13.8 Å². The van der Waals surface area contributed by atoms with Gasteiger partial charge < -0.3 is 10.5 Å². The molecule has 7 nitrogen and oxygen atoms in total. The second-order valence-corrected chi connectivity index (χ2v) is 6.88. The Morgan fingerprint density at radius 2 is 2.25 bits per heavy atom. The lowest BCUT2D eigenvalue weighted by molar-refractivity contribution is -0.0905. The fourth-order valence-electron chi connectivity index (χ4n) is 2.65. The summed E-state index contributed by atoms with van der Waals surface area (Å²) in [5.41, 5.74) is 5.35. The van der Waals surface area contributed by atoms with Gasteiger partial charge in [-0.2, -0.15) is 5.10 Å². The first-order chi connectivity index (χ1) is 9.42. The summed E-state index contributed by atoms with van der Waals surface area (Å²) >= 11 is 0. The van der Waals surface area contributed by atoms with Crippen LogP contribution in [0.2, 0.25) is 0 Å². The van der Waals surface area contributed by atoms with Gasteiger partial charge in [0, 0.05) is 12.6 Å². The Morgan fingerprint density at radius 1 is 1.55 bits per heavy atom. The van der Waals surface area contributed by atoms with E-state index in [4.69, 9.17) is 10.5 Å². The van der Waals surface area contributed by atoms with E-state index in [1.165, 1.54) is 6.20 Å². The number of nitrogen functional groups attached to an aromatic ring is 1. The predicted molar refractivity (Wildman–Crippen MR) is 75.6 cm³/mol. The highest BCUT2D eigenvalue weighted by Gasteiger charge is 2.36. The summed E-state index contributed by atoms with van der Waals surface area (Å²) in [5, 5.41) is 6.08. The van der Waals surface area contributed by atoms with E-state index in [-0.39, 0.29) is 22.4 Å². The van der Waals surface area contributed by atoms with Crippen LogP contribution in [0.15, 0.2) is 11.1 Å². The molecule has 1 aliphatic rings. The number of rotatable bonds is 5. The van der Waals surface area contributed by atoms with Crippen molar-refractivity contribution in [1.82, 2.24) is 14.9 Å². The molecule has 1 saturated heterocycles. The first-order valence-electron chi connectivity index (χ1n) is 6.87. The van der Waals surface area contributed by atoms with Crippen molar-refractivity contribution < 1.29 is 13.2 Å². The van der Waals surface area contributed by atoms with Crippen molar-refractivity contribution in [3.8, 4) is 0 Å². The SMILES string of the molecule is CCC1(CC)CC(NS(=O)(=O)c2cn[nH]c2N)CCO1. The highest BCUT2D eigenvalue weighted by molar-refractivity contribution is 7.89. The third-order valence-corrected chi connectivity index (χ3v) is 5.57. The van der Waals surface area contributed by atoms with Crippen LogP contribution < -0.4 is 10.5 Å². The fourth-order valence-corrected chi connectivity index (χ4v) is 3.95. The normalized spacial score (nSPS) is 22.8. The van der Waals surface area contributed by atoms with Crippen molar-refractivity contribution >= 4 is 15.8 Å². The van der Waals surface area contributed by atoms with Crippen molar-refractivity contribution in [2.24, 2.45) is 0 Å². The van der Waals surface area contributed by atoms with E-state index in [1.54, 1.807) is 0 Å². The van der Waals surface area contributed by atoms with Gasteiger partial charge in [0.25, 0.3) is 0 Å². The van der Waals surface area contributed by atoms with Crippen molar-refractivity contribution in [3.63, 3.8) is 0 Å². The zero-order valence-electron chi connectivity index (χ0n) is 11.8. The van der Waals surface area contributed by atoms with Crippen LogP contribution in [0.3, 0.4) is 0 Å². The standard InChI is InChI=1S/C12H22N4O3S/c1-3-12(4-2)7-9(5-6-19-12)16-20(17,18)10-8-14-15-11(10)13/h8-9,16H,3-7H2,1-2H3,(H3,13,14,15). The minimum absolute atomic E-state index is 0.00240. The van der Waals surface area contributed by atoms with E-state index in [9.17, 15) is 8.42 Å². The van der Waals surface area contributed by atoms with Crippen LogP contribution >= 0.6 is 0 Å². The third kappa shape index (κ3) is 2.97. The maximum Gasteiger partial charge on any atom is 0.246 e. The second kappa shape index (κ2) is 5.71. The molecule has 0 spiro atoms. The molecule has 0 aromatic carbocycles. The molecule has 20 heavy (non-hydrogen) atoms. The molecular weight excluding hydrogens is 280 g/mol. The number of aromatic amines is 1. The molecule has 2 rings (SSSR count). The monoisotopic (exact) mass is 302 g/mol. The average Bonchev–Trinajstić information content (AvgIpc) is 2.85. The number of H-pyrrole nitrogens is 1. The first-order valence-corrected chi connectivity index (χ1v) is 8.36. The molecule has 0 radical (unpaired) electrons. The van der Waals surface area contributed by atoms with Crippen molar-refractivity contribution in [2.45, 2.75) is 56.1 Å². The Kier molecular flexibility index (Phi) is 4.36. The lowest BCUT2D eigenvalue weighted by atomic mass is 9.86. The Bertz CT molecular complexity index is 551. The zero-order chi connectivity index (χ0) is 14.8. The van der Waals surface area contributed by atoms with Crippen LogP contribution in [0.25, 0.3) is 0 Å². The highest BCUT2D eigenvalue weighted by atomic mass is 32.2. The van der Waals surface area contributed by atoms with Crippen molar-refractivity contribution in [2.75, 3.05) is 12.3 Å². The molecule has 1 fully saturated rings. The van der Waals surface area contributed by atoms with Crippen LogP contribution in [0, 0.1) is 0 Å². The molecule has 8 heteroatoms. The molecule has 0 aliphatic carbocycles. The summed E-state index contributed by atoms with van der Waals surface area (Å²) in [6, 6.07) is -0.136. The Balaban J connectivity index is 2.12. The molecule has 2 heterocycles. The number of ether oxygens (including phenoxy) is 1. The third-order valence-electron chi connectivity index (χ3n) is 4.03. The topological polar surface area (TPSA) is 110 Å².